The summed E-state index contributed by atoms with van der Waals surface area (Å²) in [5, 5.41) is 3.62. The summed E-state index contributed by atoms with van der Waals surface area (Å²) in [5.74, 6) is 0.593. The summed E-state index contributed by atoms with van der Waals surface area (Å²) < 4.78 is 0. The molecule has 1 aromatic rings. The van der Waals surface area contributed by atoms with E-state index in [9.17, 15) is 0 Å². The van der Waals surface area contributed by atoms with E-state index in [1.807, 2.05) is 6.07 Å². The Hall–Kier alpha value is -0.690. The van der Waals surface area contributed by atoms with Crippen molar-refractivity contribution in [3.63, 3.8) is 0 Å². The van der Waals surface area contributed by atoms with Gasteiger partial charge in [0.25, 0.3) is 0 Å². The lowest BCUT2D eigenvalue weighted by molar-refractivity contribution is 0.462. The molecule has 0 radical (unpaired) electrons. The fourth-order valence-electron chi connectivity index (χ4n) is 2.24. The highest BCUT2D eigenvalue weighted by Crippen LogP contribution is 2.24. The third kappa shape index (κ3) is 2.88. The first-order valence-corrected chi connectivity index (χ1v) is 6.34. The normalized spacial score (nSPS) is 17.7. The first-order chi connectivity index (χ1) is 7.40. The van der Waals surface area contributed by atoms with Crippen LogP contribution in [0.1, 0.15) is 37.7 Å². The number of para-hydroxylation sites is 1. The van der Waals surface area contributed by atoms with Gasteiger partial charge in [-0.2, -0.15) is 0 Å². The van der Waals surface area contributed by atoms with E-state index in [0.29, 0.717) is 11.9 Å². The molecule has 82 valence electrons. The van der Waals surface area contributed by atoms with Crippen molar-refractivity contribution in [1.29, 1.82) is 0 Å². The maximum Gasteiger partial charge on any atom is 0.0494 e. The fourth-order valence-corrected chi connectivity index (χ4v) is 2.48. The van der Waals surface area contributed by atoms with Gasteiger partial charge in [-0.1, -0.05) is 37.5 Å². The van der Waals surface area contributed by atoms with Crippen molar-refractivity contribution in [2.45, 2.75) is 44.0 Å². The molecule has 0 amide bonds. The number of rotatable bonds is 3. The van der Waals surface area contributed by atoms with Gasteiger partial charge in [0.15, 0.2) is 0 Å². The van der Waals surface area contributed by atoms with Crippen molar-refractivity contribution in [2.24, 2.45) is 0 Å². The molecule has 0 bridgehead atoms. The molecule has 1 aromatic carbocycles. The Kier molecular flexibility index (Phi) is 3.90. The SMILES string of the molecule is ClCc1ccccc1NC1CCCCC1. The second-order valence-electron chi connectivity index (χ2n) is 4.27. The highest BCUT2D eigenvalue weighted by molar-refractivity contribution is 6.17. The molecule has 1 nitrogen and oxygen atoms in total. The number of hydrogen-bond acceptors (Lipinski definition) is 1. The standard InChI is InChI=1S/C13H18ClN/c14-10-11-6-4-5-9-13(11)15-12-7-2-1-3-8-12/h4-6,9,12,15H,1-3,7-8,10H2. The van der Waals surface area contributed by atoms with E-state index in [2.05, 4.69) is 23.5 Å². The number of nitrogens with one attached hydrogen (secondary N) is 1. The molecule has 1 aliphatic carbocycles. The molecule has 2 rings (SSSR count). The molecule has 2 heteroatoms. The minimum atomic E-state index is 0.593. The van der Waals surface area contributed by atoms with Crippen molar-refractivity contribution in [3.8, 4) is 0 Å². The summed E-state index contributed by atoms with van der Waals surface area (Å²) in [4.78, 5) is 0. The van der Waals surface area contributed by atoms with E-state index >= 15 is 0 Å². The van der Waals surface area contributed by atoms with E-state index in [1.165, 1.54) is 43.4 Å². The van der Waals surface area contributed by atoms with Gasteiger partial charge in [-0.15, -0.1) is 11.6 Å². The molecule has 0 heterocycles. The molecule has 1 aliphatic rings. The number of anilines is 1. The van der Waals surface area contributed by atoms with E-state index in [0.717, 1.165) is 0 Å². The lowest BCUT2D eigenvalue weighted by Crippen LogP contribution is -2.22. The minimum absolute atomic E-state index is 0.593. The van der Waals surface area contributed by atoms with Gasteiger partial charge in [-0.05, 0) is 24.5 Å². The van der Waals surface area contributed by atoms with E-state index in [1.54, 1.807) is 0 Å². The van der Waals surface area contributed by atoms with Crippen LogP contribution in [0.4, 0.5) is 5.69 Å². The Bertz CT molecular complexity index is 305. The van der Waals surface area contributed by atoms with Crippen molar-refractivity contribution < 1.29 is 0 Å². The highest BCUT2D eigenvalue weighted by atomic mass is 35.5. The van der Waals surface area contributed by atoms with Gasteiger partial charge in [0.2, 0.25) is 0 Å². The second-order valence-corrected chi connectivity index (χ2v) is 4.54. The van der Waals surface area contributed by atoms with Crippen LogP contribution < -0.4 is 5.32 Å². The van der Waals surface area contributed by atoms with Crippen LogP contribution in [0, 0.1) is 0 Å². The van der Waals surface area contributed by atoms with Crippen LogP contribution in [0.5, 0.6) is 0 Å². The Morgan fingerprint density at radius 1 is 1.13 bits per heavy atom. The Morgan fingerprint density at radius 3 is 2.60 bits per heavy atom. The van der Waals surface area contributed by atoms with Crippen LogP contribution in [0.2, 0.25) is 0 Å². The topological polar surface area (TPSA) is 12.0 Å². The van der Waals surface area contributed by atoms with Gasteiger partial charge in [0.1, 0.15) is 0 Å². The van der Waals surface area contributed by atoms with Gasteiger partial charge in [-0.3, -0.25) is 0 Å². The van der Waals surface area contributed by atoms with Crippen molar-refractivity contribution in [3.05, 3.63) is 29.8 Å². The molecule has 1 saturated carbocycles. The van der Waals surface area contributed by atoms with Gasteiger partial charge in [0, 0.05) is 17.6 Å². The summed E-state index contributed by atoms with van der Waals surface area (Å²) in [6.07, 6.45) is 6.73. The maximum atomic E-state index is 5.91. The first-order valence-electron chi connectivity index (χ1n) is 5.80. The quantitative estimate of drug-likeness (QED) is 0.759. The predicted octanol–water partition coefficient (Wildman–Crippen LogP) is 4.17. The molecule has 0 aromatic heterocycles. The number of hydrogen-bond donors (Lipinski definition) is 1. The zero-order valence-electron chi connectivity index (χ0n) is 9.01. The highest BCUT2D eigenvalue weighted by Gasteiger charge is 2.13. The van der Waals surface area contributed by atoms with Gasteiger partial charge >= 0.3 is 0 Å². The third-order valence-corrected chi connectivity index (χ3v) is 3.41. The van der Waals surface area contributed by atoms with E-state index in [4.69, 9.17) is 11.6 Å². The Morgan fingerprint density at radius 2 is 1.87 bits per heavy atom. The van der Waals surface area contributed by atoms with Crippen LogP contribution in [-0.2, 0) is 5.88 Å². The maximum absolute atomic E-state index is 5.91. The predicted molar refractivity (Wildman–Crippen MR) is 66.5 cm³/mol. The third-order valence-electron chi connectivity index (χ3n) is 3.13. The summed E-state index contributed by atoms with van der Waals surface area (Å²) in [6, 6.07) is 9.00. The molecule has 0 spiro atoms. The summed E-state index contributed by atoms with van der Waals surface area (Å²) in [5.41, 5.74) is 2.43. The number of halogens is 1. The molecular weight excluding hydrogens is 206 g/mol. The van der Waals surface area contributed by atoms with Gasteiger partial charge in [0.05, 0.1) is 0 Å². The van der Waals surface area contributed by atoms with E-state index < -0.39 is 0 Å². The Labute approximate surface area is 96.8 Å². The van der Waals surface area contributed by atoms with E-state index in [-0.39, 0.29) is 0 Å². The molecule has 0 saturated heterocycles. The molecule has 0 atom stereocenters. The number of alkyl halides is 1. The zero-order valence-corrected chi connectivity index (χ0v) is 9.76. The molecule has 0 unspecified atom stereocenters. The van der Waals surface area contributed by atoms with Crippen molar-refractivity contribution >= 4 is 17.3 Å². The molecule has 1 N–H and O–H groups in total. The Balaban J connectivity index is 2.02. The zero-order chi connectivity index (χ0) is 10.5. The van der Waals surface area contributed by atoms with Crippen LogP contribution in [0.3, 0.4) is 0 Å². The molecular formula is C13H18ClN. The minimum Gasteiger partial charge on any atom is -0.382 e. The lowest BCUT2D eigenvalue weighted by atomic mass is 9.95. The smallest absolute Gasteiger partial charge is 0.0494 e. The van der Waals surface area contributed by atoms with Crippen LogP contribution in [0.15, 0.2) is 24.3 Å². The fraction of sp³-hybridized carbons (Fsp3) is 0.538. The van der Waals surface area contributed by atoms with Crippen molar-refractivity contribution in [2.75, 3.05) is 5.32 Å². The first kappa shape index (κ1) is 10.8. The number of benzene rings is 1. The average molecular weight is 224 g/mol. The van der Waals surface area contributed by atoms with Crippen LogP contribution in [-0.4, -0.2) is 6.04 Å². The summed E-state index contributed by atoms with van der Waals surface area (Å²) >= 11 is 5.91. The molecule has 1 fully saturated rings. The largest absolute Gasteiger partial charge is 0.382 e. The lowest BCUT2D eigenvalue weighted by Gasteiger charge is -2.24. The molecule has 0 aliphatic heterocycles. The van der Waals surface area contributed by atoms with Gasteiger partial charge < -0.3 is 5.32 Å². The van der Waals surface area contributed by atoms with Gasteiger partial charge in [-0.25, -0.2) is 0 Å². The molecule has 15 heavy (non-hydrogen) atoms. The van der Waals surface area contributed by atoms with Crippen LogP contribution >= 0.6 is 11.6 Å². The average Bonchev–Trinajstić information content (AvgIpc) is 2.31. The summed E-state index contributed by atoms with van der Waals surface area (Å²) in [6.45, 7) is 0. The van der Waals surface area contributed by atoms with Crippen LogP contribution in [0.25, 0.3) is 0 Å². The van der Waals surface area contributed by atoms with Crippen molar-refractivity contribution in [1.82, 2.24) is 0 Å². The monoisotopic (exact) mass is 223 g/mol. The second kappa shape index (κ2) is 5.41. The summed E-state index contributed by atoms with van der Waals surface area (Å²) in [7, 11) is 0.